The lowest BCUT2D eigenvalue weighted by Crippen LogP contribution is -2.47. The highest BCUT2D eigenvalue weighted by Gasteiger charge is 2.01. The quantitative estimate of drug-likeness (QED) is 0.390. The van der Waals surface area contributed by atoms with Crippen molar-refractivity contribution >= 4 is 0 Å². The van der Waals surface area contributed by atoms with Crippen molar-refractivity contribution in [2.24, 2.45) is 0 Å². The highest BCUT2D eigenvalue weighted by Crippen LogP contribution is 1.95. The smallest absolute Gasteiger partial charge is 0.205 e. The number of aromatic nitrogens is 1. The third kappa shape index (κ3) is 1.02. The Bertz CT molecular complexity index is 198. The predicted molar refractivity (Wildman–Crippen MR) is 36.3 cm³/mol. The molecule has 0 aliphatic rings. The standard InChI is InChI=1S/C7H11N2/c1-6-4-3-5-9(8)7(6)2/h3-5H,8H2,1-2H3/q+1. The molecule has 0 unspecified atom stereocenters. The summed E-state index contributed by atoms with van der Waals surface area (Å²) < 4.78 is 1.62. The molecule has 2 N–H and O–H groups in total. The summed E-state index contributed by atoms with van der Waals surface area (Å²) in [5.74, 6) is 5.54. The minimum absolute atomic E-state index is 1.11. The summed E-state index contributed by atoms with van der Waals surface area (Å²) in [6.45, 7) is 4.04. The van der Waals surface area contributed by atoms with E-state index in [4.69, 9.17) is 5.84 Å². The van der Waals surface area contributed by atoms with E-state index in [1.165, 1.54) is 5.56 Å². The first kappa shape index (κ1) is 6.08. The number of nitrogens with zero attached hydrogens (tertiary/aromatic N) is 1. The molecule has 0 saturated heterocycles. The summed E-state index contributed by atoms with van der Waals surface area (Å²) in [6.07, 6.45) is 1.84. The van der Waals surface area contributed by atoms with Gasteiger partial charge < -0.3 is 0 Å². The zero-order valence-electron chi connectivity index (χ0n) is 5.76. The minimum Gasteiger partial charge on any atom is -0.205 e. The van der Waals surface area contributed by atoms with Gasteiger partial charge in [0, 0.05) is 18.6 Å². The maximum absolute atomic E-state index is 5.54. The fourth-order valence-corrected chi connectivity index (χ4v) is 0.716. The van der Waals surface area contributed by atoms with Crippen molar-refractivity contribution in [3.8, 4) is 0 Å². The molecular weight excluding hydrogens is 112 g/mol. The van der Waals surface area contributed by atoms with E-state index in [9.17, 15) is 0 Å². The first-order chi connectivity index (χ1) is 4.22. The van der Waals surface area contributed by atoms with Crippen LogP contribution in [0.15, 0.2) is 18.3 Å². The van der Waals surface area contributed by atoms with Gasteiger partial charge in [-0.3, -0.25) is 0 Å². The number of hydrogen-bond acceptors (Lipinski definition) is 1. The van der Waals surface area contributed by atoms with Crippen molar-refractivity contribution in [3.05, 3.63) is 29.6 Å². The maximum atomic E-state index is 5.54. The summed E-state index contributed by atoms with van der Waals surface area (Å²) in [4.78, 5) is 0. The molecule has 9 heavy (non-hydrogen) atoms. The lowest BCUT2D eigenvalue weighted by molar-refractivity contribution is -0.645. The van der Waals surface area contributed by atoms with Crippen LogP contribution in [0.4, 0.5) is 0 Å². The fourth-order valence-electron chi connectivity index (χ4n) is 0.716. The third-order valence-corrected chi connectivity index (χ3v) is 1.55. The molecule has 1 rings (SSSR count). The zero-order chi connectivity index (χ0) is 6.85. The topological polar surface area (TPSA) is 29.9 Å². The number of nitrogens with two attached hydrogens (primary N) is 1. The van der Waals surface area contributed by atoms with Crippen LogP contribution in [-0.4, -0.2) is 0 Å². The number of rotatable bonds is 0. The van der Waals surface area contributed by atoms with Gasteiger partial charge >= 0.3 is 0 Å². The largest absolute Gasteiger partial charge is 0.211 e. The van der Waals surface area contributed by atoms with Gasteiger partial charge in [-0.2, -0.15) is 0 Å². The second-order valence-corrected chi connectivity index (χ2v) is 2.18. The summed E-state index contributed by atoms with van der Waals surface area (Å²) in [6, 6.07) is 3.97. The molecule has 0 aliphatic heterocycles. The van der Waals surface area contributed by atoms with Crippen LogP contribution in [0.3, 0.4) is 0 Å². The lowest BCUT2D eigenvalue weighted by atomic mass is 10.2. The van der Waals surface area contributed by atoms with Gasteiger partial charge in [0.2, 0.25) is 5.69 Å². The Hall–Kier alpha value is -1.05. The van der Waals surface area contributed by atoms with Crippen LogP contribution in [0.25, 0.3) is 0 Å². The number of pyridine rings is 1. The van der Waals surface area contributed by atoms with Crippen LogP contribution in [-0.2, 0) is 0 Å². The van der Waals surface area contributed by atoms with Crippen LogP contribution >= 0.6 is 0 Å². The summed E-state index contributed by atoms with van der Waals surface area (Å²) >= 11 is 0. The Morgan fingerprint density at radius 3 is 2.56 bits per heavy atom. The van der Waals surface area contributed by atoms with Gasteiger partial charge in [0.1, 0.15) is 0 Å². The van der Waals surface area contributed by atoms with E-state index in [1.54, 1.807) is 4.68 Å². The maximum Gasteiger partial charge on any atom is 0.211 e. The van der Waals surface area contributed by atoms with Gasteiger partial charge in [0.25, 0.3) is 0 Å². The van der Waals surface area contributed by atoms with Crippen molar-refractivity contribution in [2.45, 2.75) is 13.8 Å². The zero-order valence-corrected chi connectivity index (χ0v) is 5.76. The number of hydrogen-bond donors (Lipinski definition) is 1. The molecule has 0 fully saturated rings. The third-order valence-electron chi connectivity index (χ3n) is 1.55. The van der Waals surface area contributed by atoms with Crippen LogP contribution in [0.1, 0.15) is 11.3 Å². The second kappa shape index (κ2) is 2.05. The predicted octanol–water partition coefficient (Wildman–Crippen LogP) is 0.305. The highest BCUT2D eigenvalue weighted by atomic mass is 15.3. The van der Waals surface area contributed by atoms with Crippen LogP contribution in [0.2, 0.25) is 0 Å². The average Bonchev–Trinajstić information content (AvgIpc) is 1.83. The molecule has 1 aromatic heterocycles. The van der Waals surface area contributed by atoms with E-state index in [-0.39, 0.29) is 0 Å². The molecule has 0 amide bonds. The van der Waals surface area contributed by atoms with Crippen molar-refractivity contribution in [1.29, 1.82) is 0 Å². The SMILES string of the molecule is Cc1ccc[n+](N)c1C. The van der Waals surface area contributed by atoms with Crippen LogP contribution < -0.4 is 10.5 Å². The molecule has 2 nitrogen and oxygen atoms in total. The molecule has 0 spiro atoms. The van der Waals surface area contributed by atoms with Gasteiger partial charge in [-0.25, -0.2) is 5.84 Å². The Labute approximate surface area is 54.9 Å². The molecule has 1 heterocycles. The molecule has 0 saturated carbocycles. The van der Waals surface area contributed by atoms with Crippen molar-refractivity contribution in [3.63, 3.8) is 0 Å². The van der Waals surface area contributed by atoms with Crippen molar-refractivity contribution < 1.29 is 4.68 Å². The van der Waals surface area contributed by atoms with Gasteiger partial charge in [0.15, 0.2) is 6.20 Å². The molecule has 2 heteroatoms. The van der Waals surface area contributed by atoms with Crippen molar-refractivity contribution in [2.75, 3.05) is 5.84 Å². The monoisotopic (exact) mass is 123 g/mol. The molecule has 0 aliphatic carbocycles. The van der Waals surface area contributed by atoms with Crippen LogP contribution in [0.5, 0.6) is 0 Å². The Balaban J connectivity index is 3.25. The van der Waals surface area contributed by atoms with E-state index >= 15 is 0 Å². The highest BCUT2D eigenvalue weighted by molar-refractivity contribution is 5.10. The molecular formula is C7H11N2+. The van der Waals surface area contributed by atoms with Gasteiger partial charge in [-0.05, 0) is 13.0 Å². The van der Waals surface area contributed by atoms with E-state index in [2.05, 4.69) is 0 Å². The summed E-state index contributed by atoms with van der Waals surface area (Å²) in [7, 11) is 0. The number of aryl methyl sites for hydroxylation is 1. The van der Waals surface area contributed by atoms with Crippen molar-refractivity contribution in [1.82, 2.24) is 0 Å². The van der Waals surface area contributed by atoms with E-state index in [0.717, 1.165) is 5.69 Å². The Morgan fingerprint density at radius 1 is 1.44 bits per heavy atom. The normalized spacial score (nSPS) is 9.56. The average molecular weight is 123 g/mol. The second-order valence-electron chi connectivity index (χ2n) is 2.18. The molecule has 0 radical (unpaired) electrons. The first-order valence-electron chi connectivity index (χ1n) is 2.95. The minimum atomic E-state index is 1.11. The van der Waals surface area contributed by atoms with Gasteiger partial charge in [-0.15, -0.1) is 0 Å². The van der Waals surface area contributed by atoms with E-state index in [1.807, 2.05) is 32.2 Å². The molecule has 0 bridgehead atoms. The fraction of sp³-hybridized carbons (Fsp3) is 0.286. The summed E-state index contributed by atoms with van der Waals surface area (Å²) in [5, 5.41) is 0. The number of nitrogen functional groups attached to an aromatic ring is 1. The van der Waals surface area contributed by atoms with Crippen LogP contribution in [0, 0.1) is 13.8 Å². The molecule has 48 valence electrons. The molecule has 0 aromatic carbocycles. The lowest BCUT2D eigenvalue weighted by Gasteiger charge is -1.92. The Kier molecular flexibility index (Phi) is 1.39. The molecule has 1 aromatic rings. The van der Waals surface area contributed by atoms with Gasteiger partial charge in [0.05, 0.1) is 0 Å². The first-order valence-corrected chi connectivity index (χ1v) is 2.95. The summed E-state index contributed by atoms with van der Waals surface area (Å²) in [5.41, 5.74) is 2.33. The van der Waals surface area contributed by atoms with E-state index < -0.39 is 0 Å². The van der Waals surface area contributed by atoms with Gasteiger partial charge in [-0.1, -0.05) is 4.68 Å². The molecule has 0 atom stereocenters. The van der Waals surface area contributed by atoms with E-state index in [0.29, 0.717) is 0 Å². The Morgan fingerprint density at radius 2 is 2.11 bits per heavy atom.